The van der Waals surface area contributed by atoms with Crippen LogP contribution in [0.1, 0.15) is 258 Å². The van der Waals surface area contributed by atoms with E-state index in [4.69, 9.17) is 9.47 Å². The van der Waals surface area contributed by atoms with Crippen LogP contribution in [-0.4, -0.2) is 87.5 Å². The molecule has 0 aromatic carbocycles. The van der Waals surface area contributed by atoms with Crippen LogP contribution < -0.4 is 5.32 Å². The number of aliphatic hydroxyl groups is 5. The molecular weight excluding hydrogens is 743 g/mol. The van der Waals surface area contributed by atoms with Crippen molar-refractivity contribution < 1.29 is 39.8 Å². The molecule has 1 aliphatic heterocycles. The summed E-state index contributed by atoms with van der Waals surface area (Å²) in [5.41, 5.74) is 0. The SMILES string of the molecule is CCCCCCCCCCCCCCCCCCCCCCC(=O)N[C@@H](CO[C@@H]1O[C@H](CO)[C@H](O)C(O)C1O)[C@H](O)CCCCCCCCCCCCCCCCCC. The molecule has 9 heteroatoms. The molecule has 352 valence electrons. The topological polar surface area (TPSA) is 149 Å². The summed E-state index contributed by atoms with van der Waals surface area (Å²) in [5, 5.41) is 54.5. The zero-order valence-electron chi connectivity index (χ0n) is 38.8. The Balaban J connectivity index is 2.25. The monoisotopic (exact) mass is 842 g/mol. The standard InChI is InChI=1S/C50H99NO8/c1-3-5-7-9-11-13-15-17-19-21-22-23-24-26-28-30-32-34-36-38-40-46(54)51-43(42-58-50-49(57)48(56)47(55)45(41-52)59-50)44(53)39-37-35-33-31-29-27-25-20-18-16-14-12-10-8-6-4-2/h43-45,47-50,52-53,55-57H,3-42H2,1-2H3,(H,51,54)/t43-,44+,45+,47-,48?,49?,50+/m0/s1. The van der Waals surface area contributed by atoms with E-state index in [1.54, 1.807) is 0 Å². The van der Waals surface area contributed by atoms with E-state index in [1.165, 1.54) is 193 Å². The Morgan fingerprint density at radius 1 is 0.508 bits per heavy atom. The van der Waals surface area contributed by atoms with Crippen molar-refractivity contribution in [1.82, 2.24) is 5.32 Å². The van der Waals surface area contributed by atoms with E-state index < -0.39 is 49.5 Å². The van der Waals surface area contributed by atoms with Crippen LogP contribution >= 0.6 is 0 Å². The highest BCUT2D eigenvalue weighted by Crippen LogP contribution is 2.23. The molecule has 0 spiro atoms. The fourth-order valence-electron chi connectivity index (χ4n) is 8.58. The molecule has 7 atom stereocenters. The number of ether oxygens (including phenoxy) is 2. The maximum atomic E-state index is 13.0. The van der Waals surface area contributed by atoms with Gasteiger partial charge in [-0.15, -0.1) is 0 Å². The molecule has 1 aliphatic rings. The maximum absolute atomic E-state index is 13.0. The van der Waals surface area contributed by atoms with Gasteiger partial charge in [0.05, 0.1) is 25.4 Å². The summed E-state index contributed by atoms with van der Waals surface area (Å²) >= 11 is 0. The number of hydrogen-bond acceptors (Lipinski definition) is 8. The number of amides is 1. The van der Waals surface area contributed by atoms with E-state index in [2.05, 4.69) is 19.2 Å². The first kappa shape index (κ1) is 56.2. The smallest absolute Gasteiger partial charge is 0.220 e. The van der Waals surface area contributed by atoms with Crippen molar-refractivity contribution in [2.45, 2.75) is 301 Å². The molecule has 0 bridgehead atoms. The molecule has 59 heavy (non-hydrogen) atoms. The lowest BCUT2D eigenvalue weighted by atomic mass is 9.99. The van der Waals surface area contributed by atoms with E-state index in [0.717, 1.165) is 38.5 Å². The predicted molar refractivity (Wildman–Crippen MR) is 244 cm³/mol. The van der Waals surface area contributed by atoms with Gasteiger partial charge in [-0.2, -0.15) is 0 Å². The van der Waals surface area contributed by atoms with Gasteiger partial charge >= 0.3 is 0 Å². The Kier molecular flexibility index (Phi) is 39.3. The average Bonchev–Trinajstić information content (AvgIpc) is 3.23. The Hall–Kier alpha value is -0.810. The fraction of sp³-hybridized carbons (Fsp3) is 0.980. The van der Waals surface area contributed by atoms with Gasteiger partial charge in [-0.1, -0.05) is 239 Å². The van der Waals surface area contributed by atoms with Crippen LogP contribution in [0.2, 0.25) is 0 Å². The van der Waals surface area contributed by atoms with Crippen molar-refractivity contribution in [3.63, 3.8) is 0 Å². The van der Waals surface area contributed by atoms with Crippen molar-refractivity contribution in [3.05, 3.63) is 0 Å². The third kappa shape index (κ3) is 31.6. The van der Waals surface area contributed by atoms with Crippen LogP contribution in [0.4, 0.5) is 0 Å². The molecule has 1 rings (SSSR count). The Morgan fingerprint density at radius 2 is 0.847 bits per heavy atom. The first-order valence-electron chi connectivity index (χ1n) is 25.7. The summed E-state index contributed by atoms with van der Waals surface area (Å²) in [4.78, 5) is 13.0. The second-order valence-corrected chi connectivity index (χ2v) is 18.3. The highest BCUT2D eigenvalue weighted by atomic mass is 16.7. The number of rotatable bonds is 44. The first-order chi connectivity index (χ1) is 28.8. The van der Waals surface area contributed by atoms with Crippen LogP contribution in [0.25, 0.3) is 0 Å². The van der Waals surface area contributed by atoms with E-state index in [9.17, 15) is 30.3 Å². The molecule has 9 nitrogen and oxygen atoms in total. The highest BCUT2D eigenvalue weighted by Gasteiger charge is 2.44. The number of nitrogens with one attached hydrogen (secondary N) is 1. The number of carbonyl (C=O) groups is 1. The van der Waals surface area contributed by atoms with Crippen molar-refractivity contribution in [2.24, 2.45) is 0 Å². The minimum Gasteiger partial charge on any atom is -0.394 e. The predicted octanol–water partition coefficient (Wildman–Crippen LogP) is 11.5. The second kappa shape index (κ2) is 41.2. The second-order valence-electron chi connectivity index (χ2n) is 18.3. The van der Waals surface area contributed by atoms with Gasteiger partial charge in [0.25, 0.3) is 0 Å². The third-order valence-electron chi connectivity index (χ3n) is 12.7. The van der Waals surface area contributed by atoms with Gasteiger partial charge in [0.15, 0.2) is 6.29 Å². The van der Waals surface area contributed by atoms with Crippen molar-refractivity contribution in [3.8, 4) is 0 Å². The Labute approximate surface area is 364 Å². The molecule has 1 heterocycles. The van der Waals surface area contributed by atoms with Gasteiger partial charge in [-0.05, 0) is 12.8 Å². The van der Waals surface area contributed by atoms with Crippen LogP contribution in [0.15, 0.2) is 0 Å². The summed E-state index contributed by atoms with van der Waals surface area (Å²) in [6.07, 6.45) is 39.7. The molecule has 0 aromatic rings. The van der Waals surface area contributed by atoms with Gasteiger partial charge in [0, 0.05) is 6.42 Å². The number of carbonyl (C=O) groups excluding carboxylic acids is 1. The first-order valence-corrected chi connectivity index (χ1v) is 25.7. The van der Waals surface area contributed by atoms with Crippen LogP contribution in [0.3, 0.4) is 0 Å². The molecule has 1 saturated heterocycles. The molecular formula is C50H99NO8. The van der Waals surface area contributed by atoms with E-state index >= 15 is 0 Å². The van der Waals surface area contributed by atoms with Gasteiger partial charge < -0.3 is 40.3 Å². The van der Waals surface area contributed by atoms with E-state index in [1.807, 2.05) is 0 Å². The van der Waals surface area contributed by atoms with Crippen LogP contribution in [0.5, 0.6) is 0 Å². The molecule has 0 radical (unpaired) electrons. The lowest BCUT2D eigenvalue weighted by Crippen LogP contribution is -2.60. The van der Waals surface area contributed by atoms with Crippen molar-refractivity contribution >= 4 is 5.91 Å². The Bertz CT molecular complexity index is 893. The van der Waals surface area contributed by atoms with Crippen LogP contribution in [0, 0.1) is 0 Å². The fourth-order valence-corrected chi connectivity index (χ4v) is 8.58. The van der Waals surface area contributed by atoms with Gasteiger partial charge in [0.2, 0.25) is 5.91 Å². The lowest BCUT2D eigenvalue weighted by Gasteiger charge is -2.40. The van der Waals surface area contributed by atoms with Crippen LogP contribution in [-0.2, 0) is 14.3 Å². The minimum atomic E-state index is -1.55. The highest BCUT2D eigenvalue weighted by molar-refractivity contribution is 5.76. The zero-order valence-corrected chi connectivity index (χ0v) is 38.8. The minimum absolute atomic E-state index is 0.131. The largest absolute Gasteiger partial charge is 0.394 e. The summed E-state index contributed by atoms with van der Waals surface area (Å²) in [5.74, 6) is -0.138. The molecule has 0 saturated carbocycles. The Morgan fingerprint density at radius 3 is 1.20 bits per heavy atom. The number of hydrogen-bond donors (Lipinski definition) is 6. The quantitative estimate of drug-likeness (QED) is 0.0332. The number of unbranched alkanes of at least 4 members (excludes halogenated alkanes) is 34. The molecule has 2 unspecified atom stereocenters. The molecule has 6 N–H and O–H groups in total. The summed E-state index contributed by atoms with van der Waals surface area (Å²) < 4.78 is 11.3. The van der Waals surface area contributed by atoms with E-state index in [-0.39, 0.29) is 12.5 Å². The van der Waals surface area contributed by atoms with Crippen molar-refractivity contribution in [2.75, 3.05) is 13.2 Å². The zero-order chi connectivity index (χ0) is 43.0. The summed E-state index contributed by atoms with van der Waals surface area (Å²) in [7, 11) is 0. The van der Waals surface area contributed by atoms with Gasteiger partial charge in [-0.25, -0.2) is 0 Å². The molecule has 1 fully saturated rings. The lowest BCUT2D eigenvalue weighted by molar-refractivity contribution is -0.302. The van der Waals surface area contributed by atoms with Gasteiger partial charge in [-0.3, -0.25) is 4.79 Å². The number of aliphatic hydroxyl groups excluding tert-OH is 5. The molecule has 0 aliphatic carbocycles. The molecule has 0 aromatic heterocycles. The molecule has 1 amide bonds. The van der Waals surface area contributed by atoms with Crippen molar-refractivity contribution in [1.29, 1.82) is 0 Å². The summed E-state index contributed by atoms with van der Waals surface area (Å²) in [6.45, 7) is 3.87. The van der Waals surface area contributed by atoms with E-state index in [0.29, 0.717) is 12.8 Å². The average molecular weight is 842 g/mol. The summed E-state index contributed by atoms with van der Waals surface area (Å²) in [6, 6.07) is -0.712. The normalized spacial score (nSPS) is 20.6. The third-order valence-corrected chi connectivity index (χ3v) is 12.7. The maximum Gasteiger partial charge on any atom is 0.220 e. The van der Waals surface area contributed by atoms with Gasteiger partial charge in [0.1, 0.15) is 24.4 Å².